The molecule has 4 nitrogen and oxygen atoms in total. The summed E-state index contributed by atoms with van der Waals surface area (Å²) in [7, 11) is -1.67. The second-order valence-electron chi connectivity index (χ2n) is 6.14. The molecule has 0 aromatic heterocycles. The van der Waals surface area contributed by atoms with Crippen LogP contribution in [-0.4, -0.2) is 31.9 Å². The van der Waals surface area contributed by atoms with E-state index < -0.39 is 10.0 Å². The predicted octanol–water partition coefficient (Wildman–Crippen LogP) is 2.75. The van der Waals surface area contributed by atoms with Crippen molar-refractivity contribution in [3.8, 4) is 0 Å². The van der Waals surface area contributed by atoms with Gasteiger partial charge in [-0.15, -0.1) is 0 Å². The van der Waals surface area contributed by atoms with Crippen molar-refractivity contribution >= 4 is 10.0 Å². The number of hydrogen-bond acceptors (Lipinski definition) is 3. The Balaban J connectivity index is 2.17. The molecule has 5 heteroatoms. The minimum atomic E-state index is -3.38. The van der Waals surface area contributed by atoms with Crippen molar-refractivity contribution in [3.63, 3.8) is 0 Å². The summed E-state index contributed by atoms with van der Waals surface area (Å²) >= 11 is 0. The van der Waals surface area contributed by atoms with Crippen molar-refractivity contribution in [3.05, 3.63) is 29.8 Å². The minimum absolute atomic E-state index is 0.160. The van der Waals surface area contributed by atoms with Crippen LogP contribution in [0.1, 0.15) is 45.1 Å². The van der Waals surface area contributed by atoms with E-state index in [1.165, 1.54) is 0 Å². The fraction of sp³-hybridized carbons (Fsp3) is 0.625. The second-order valence-corrected chi connectivity index (χ2v) is 8.14. The molecule has 1 aliphatic carbocycles. The van der Waals surface area contributed by atoms with Crippen molar-refractivity contribution in [2.45, 2.75) is 63.1 Å². The molecule has 0 heterocycles. The minimum Gasteiger partial charge on any atom is -0.310 e. The molecular weight excluding hydrogens is 284 g/mol. The normalized spacial score (nSPS) is 17.0. The quantitative estimate of drug-likeness (QED) is 0.879. The first kappa shape index (κ1) is 16.5. The molecule has 0 aliphatic heterocycles. The number of benzene rings is 1. The van der Waals surface area contributed by atoms with Crippen LogP contribution in [0.15, 0.2) is 29.2 Å². The average molecular weight is 310 g/mol. The smallest absolute Gasteiger partial charge is 0.243 e. The van der Waals surface area contributed by atoms with Gasteiger partial charge in [0.15, 0.2) is 0 Å². The molecule has 1 aromatic carbocycles. The first-order chi connectivity index (χ1) is 9.91. The number of nitrogens with zero attached hydrogens (tertiary/aromatic N) is 1. The van der Waals surface area contributed by atoms with Crippen LogP contribution >= 0.6 is 0 Å². The molecule has 0 amide bonds. The highest BCUT2D eigenvalue weighted by Gasteiger charge is 2.29. The fourth-order valence-electron chi connectivity index (χ4n) is 2.77. The van der Waals surface area contributed by atoms with Crippen LogP contribution in [-0.2, 0) is 16.6 Å². The summed E-state index contributed by atoms with van der Waals surface area (Å²) in [6.45, 7) is 4.84. The summed E-state index contributed by atoms with van der Waals surface area (Å²) < 4.78 is 27.0. The van der Waals surface area contributed by atoms with Gasteiger partial charge in [-0.05, 0) is 30.5 Å². The van der Waals surface area contributed by atoms with Gasteiger partial charge in [-0.3, -0.25) is 0 Å². The maximum absolute atomic E-state index is 12.7. The van der Waals surface area contributed by atoms with E-state index in [0.717, 1.165) is 31.2 Å². The summed E-state index contributed by atoms with van der Waals surface area (Å²) in [6.07, 6.45) is 4.21. The number of hydrogen-bond donors (Lipinski definition) is 1. The molecule has 0 saturated heterocycles. The first-order valence-corrected chi connectivity index (χ1v) is 9.15. The molecular formula is C16H26N2O2S. The third-order valence-corrected chi connectivity index (χ3v) is 6.03. The molecule has 0 atom stereocenters. The van der Waals surface area contributed by atoms with E-state index in [1.54, 1.807) is 23.5 Å². The Hall–Kier alpha value is -0.910. The molecule has 1 saturated carbocycles. The third kappa shape index (κ3) is 4.05. The summed E-state index contributed by atoms with van der Waals surface area (Å²) in [5.74, 6) is 0. The van der Waals surface area contributed by atoms with Gasteiger partial charge in [0.1, 0.15) is 0 Å². The average Bonchev–Trinajstić information content (AvgIpc) is 2.98. The lowest BCUT2D eigenvalue weighted by atomic mass is 10.2. The Kier molecular flexibility index (Phi) is 5.41. The Labute approximate surface area is 128 Å². The maximum atomic E-state index is 12.7. The molecule has 1 fully saturated rings. The third-order valence-electron chi connectivity index (χ3n) is 4.13. The number of rotatable bonds is 6. The predicted molar refractivity (Wildman–Crippen MR) is 85.6 cm³/mol. The Morgan fingerprint density at radius 2 is 1.95 bits per heavy atom. The van der Waals surface area contributed by atoms with Gasteiger partial charge in [-0.2, -0.15) is 4.31 Å². The summed E-state index contributed by atoms with van der Waals surface area (Å²) in [4.78, 5) is 0.403. The van der Waals surface area contributed by atoms with E-state index in [9.17, 15) is 8.42 Å². The van der Waals surface area contributed by atoms with Crippen molar-refractivity contribution in [1.82, 2.24) is 9.62 Å². The van der Waals surface area contributed by atoms with Crippen LogP contribution in [0.3, 0.4) is 0 Å². The van der Waals surface area contributed by atoms with Gasteiger partial charge in [0.05, 0.1) is 4.90 Å². The lowest BCUT2D eigenvalue weighted by Crippen LogP contribution is -2.35. The van der Waals surface area contributed by atoms with Crippen LogP contribution < -0.4 is 5.32 Å². The van der Waals surface area contributed by atoms with Gasteiger partial charge in [0.2, 0.25) is 10.0 Å². The maximum Gasteiger partial charge on any atom is 0.243 e. The largest absolute Gasteiger partial charge is 0.310 e. The molecule has 1 aliphatic rings. The van der Waals surface area contributed by atoms with Gasteiger partial charge in [0.25, 0.3) is 0 Å². The van der Waals surface area contributed by atoms with E-state index in [-0.39, 0.29) is 6.04 Å². The van der Waals surface area contributed by atoms with Crippen molar-refractivity contribution in [1.29, 1.82) is 0 Å². The zero-order valence-corrected chi connectivity index (χ0v) is 14.0. The molecule has 0 spiro atoms. The van der Waals surface area contributed by atoms with Crippen LogP contribution in [0.25, 0.3) is 0 Å². The highest BCUT2D eigenvalue weighted by molar-refractivity contribution is 7.89. The Morgan fingerprint density at radius 1 is 1.29 bits per heavy atom. The zero-order chi connectivity index (χ0) is 15.5. The van der Waals surface area contributed by atoms with E-state index in [2.05, 4.69) is 19.2 Å². The number of sulfonamides is 1. The summed E-state index contributed by atoms with van der Waals surface area (Å²) in [5.41, 5.74) is 1.00. The van der Waals surface area contributed by atoms with E-state index in [1.807, 2.05) is 12.1 Å². The SMILES string of the molecule is CC(C)NCc1cccc(S(=O)(=O)N(C)C2CCCC2)c1. The molecule has 118 valence electrons. The summed E-state index contributed by atoms with van der Waals surface area (Å²) in [6, 6.07) is 7.81. The van der Waals surface area contributed by atoms with E-state index in [4.69, 9.17) is 0 Å². The number of nitrogens with one attached hydrogen (secondary N) is 1. The van der Waals surface area contributed by atoms with Crippen molar-refractivity contribution in [2.24, 2.45) is 0 Å². The van der Waals surface area contributed by atoms with Crippen LogP contribution in [0.5, 0.6) is 0 Å². The Bertz CT molecular complexity index is 563. The van der Waals surface area contributed by atoms with E-state index >= 15 is 0 Å². The zero-order valence-electron chi connectivity index (χ0n) is 13.2. The molecule has 0 bridgehead atoms. The van der Waals surface area contributed by atoms with Crippen LogP contribution in [0.2, 0.25) is 0 Å². The highest BCUT2D eigenvalue weighted by atomic mass is 32.2. The molecule has 1 aromatic rings. The molecule has 0 unspecified atom stereocenters. The first-order valence-electron chi connectivity index (χ1n) is 7.71. The van der Waals surface area contributed by atoms with Gasteiger partial charge >= 0.3 is 0 Å². The van der Waals surface area contributed by atoms with Crippen molar-refractivity contribution < 1.29 is 8.42 Å². The van der Waals surface area contributed by atoms with Gasteiger partial charge in [-0.1, -0.05) is 38.8 Å². The monoisotopic (exact) mass is 310 g/mol. The van der Waals surface area contributed by atoms with Crippen molar-refractivity contribution in [2.75, 3.05) is 7.05 Å². The highest BCUT2D eigenvalue weighted by Crippen LogP contribution is 2.27. The van der Waals surface area contributed by atoms with Gasteiger partial charge in [-0.25, -0.2) is 8.42 Å². The molecule has 2 rings (SSSR count). The van der Waals surface area contributed by atoms with Gasteiger partial charge in [0, 0.05) is 25.7 Å². The Morgan fingerprint density at radius 3 is 2.57 bits per heavy atom. The topological polar surface area (TPSA) is 49.4 Å². The van der Waals surface area contributed by atoms with Crippen LogP contribution in [0, 0.1) is 0 Å². The fourth-order valence-corrected chi connectivity index (χ4v) is 4.25. The molecule has 0 radical (unpaired) electrons. The van der Waals surface area contributed by atoms with E-state index in [0.29, 0.717) is 17.5 Å². The molecule has 21 heavy (non-hydrogen) atoms. The molecule has 1 N–H and O–H groups in total. The standard InChI is InChI=1S/C16H26N2O2S/c1-13(2)17-12-14-7-6-10-16(11-14)21(19,20)18(3)15-8-4-5-9-15/h6-7,10-11,13,15,17H,4-5,8-9,12H2,1-3H3. The van der Waals surface area contributed by atoms with Gasteiger partial charge < -0.3 is 5.32 Å². The van der Waals surface area contributed by atoms with Crippen LogP contribution in [0.4, 0.5) is 0 Å². The lowest BCUT2D eigenvalue weighted by Gasteiger charge is -2.24. The lowest BCUT2D eigenvalue weighted by molar-refractivity contribution is 0.373. The summed E-state index contributed by atoms with van der Waals surface area (Å²) in [5, 5.41) is 3.32. The second kappa shape index (κ2) is 6.90.